The molecule has 0 saturated carbocycles. The minimum atomic E-state index is -4.60. The number of aryl methyl sites for hydroxylation is 1. The molecule has 152 valence electrons. The molecule has 0 amide bonds. The number of para-hydroxylation sites is 1. The number of hydrogen-bond donors (Lipinski definition) is 0. The normalized spacial score (nSPS) is 18.6. The van der Waals surface area contributed by atoms with Gasteiger partial charge in [0.15, 0.2) is 0 Å². The highest BCUT2D eigenvalue weighted by molar-refractivity contribution is 6.63. The summed E-state index contributed by atoms with van der Waals surface area (Å²) in [6.45, 7) is 9.30. The van der Waals surface area contributed by atoms with Crippen LogP contribution in [0.3, 0.4) is 0 Å². The Kier molecular flexibility index (Phi) is 5.40. The first kappa shape index (κ1) is 20.9. The molecule has 2 heterocycles. The first-order valence-corrected chi connectivity index (χ1v) is 9.58. The third kappa shape index (κ3) is 3.72. The Balaban J connectivity index is 2.20. The van der Waals surface area contributed by atoms with E-state index in [1.54, 1.807) is 30.3 Å². The highest BCUT2D eigenvalue weighted by Gasteiger charge is 2.56. The largest absolute Gasteiger partial charge is 0.499 e. The Morgan fingerprint density at radius 1 is 1.04 bits per heavy atom. The van der Waals surface area contributed by atoms with Crippen molar-refractivity contribution in [2.24, 2.45) is 0 Å². The summed E-state index contributed by atoms with van der Waals surface area (Å²) < 4.78 is 55.5. The topological polar surface area (TPSA) is 36.3 Å². The minimum absolute atomic E-state index is 0.0107. The SMILES string of the molecule is CCCCc1nn(-c2ccccc2)c(C(F)(F)F)c1B1OC(C)(C)C(C)(C)O1. The zero-order valence-electron chi connectivity index (χ0n) is 16.9. The maximum Gasteiger partial charge on any atom is 0.499 e. The molecule has 1 aliphatic rings. The van der Waals surface area contributed by atoms with Gasteiger partial charge in [-0.3, -0.25) is 0 Å². The maximum atomic E-state index is 14.2. The van der Waals surface area contributed by atoms with Gasteiger partial charge in [0.05, 0.1) is 22.6 Å². The second-order valence-corrected chi connectivity index (χ2v) is 8.15. The molecule has 0 bridgehead atoms. The van der Waals surface area contributed by atoms with Crippen LogP contribution in [-0.2, 0) is 21.9 Å². The molecule has 0 spiro atoms. The zero-order valence-corrected chi connectivity index (χ0v) is 16.9. The number of nitrogens with zero attached hydrogens (tertiary/aromatic N) is 2. The van der Waals surface area contributed by atoms with Crippen molar-refractivity contribution in [2.45, 2.75) is 71.3 Å². The molecule has 1 aromatic carbocycles. The lowest BCUT2D eigenvalue weighted by Gasteiger charge is -2.32. The van der Waals surface area contributed by atoms with E-state index in [4.69, 9.17) is 9.31 Å². The van der Waals surface area contributed by atoms with Gasteiger partial charge in [-0.05, 0) is 52.7 Å². The number of alkyl halides is 3. The lowest BCUT2D eigenvalue weighted by molar-refractivity contribution is -0.142. The lowest BCUT2D eigenvalue weighted by Crippen LogP contribution is -2.41. The van der Waals surface area contributed by atoms with Gasteiger partial charge in [-0.15, -0.1) is 0 Å². The third-order valence-corrected chi connectivity index (χ3v) is 5.52. The molecule has 1 aliphatic heterocycles. The number of unbranched alkanes of at least 4 members (excludes halogenated alkanes) is 1. The Morgan fingerprint density at radius 2 is 1.61 bits per heavy atom. The molecular weight excluding hydrogens is 368 g/mol. The standard InChI is InChI=1S/C20H26BF3N2O2/c1-6-7-13-15-16(21-27-18(2,3)19(4,5)28-21)17(20(22,23)24)26(25-15)14-11-9-8-10-12-14/h8-12H,6-7,13H2,1-5H3. The van der Waals surface area contributed by atoms with Crippen molar-refractivity contribution in [1.29, 1.82) is 0 Å². The van der Waals surface area contributed by atoms with Gasteiger partial charge < -0.3 is 9.31 Å². The van der Waals surface area contributed by atoms with E-state index in [0.717, 1.165) is 17.5 Å². The molecule has 0 unspecified atom stereocenters. The van der Waals surface area contributed by atoms with Crippen molar-refractivity contribution < 1.29 is 22.5 Å². The smallest absolute Gasteiger partial charge is 0.399 e. The summed E-state index contributed by atoms with van der Waals surface area (Å²) in [7, 11) is -1.12. The Morgan fingerprint density at radius 3 is 2.11 bits per heavy atom. The first-order valence-electron chi connectivity index (χ1n) is 9.58. The van der Waals surface area contributed by atoms with Gasteiger partial charge in [-0.2, -0.15) is 18.3 Å². The van der Waals surface area contributed by atoms with Crippen LogP contribution in [0.2, 0.25) is 0 Å². The number of hydrogen-bond acceptors (Lipinski definition) is 3. The summed E-state index contributed by atoms with van der Waals surface area (Å²) in [6, 6.07) is 8.36. The van der Waals surface area contributed by atoms with E-state index in [1.165, 1.54) is 0 Å². The number of benzene rings is 1. The minimum Gasteiger partial charge on any atom is -0.399 e. The van der Waals surface area contributed by atoms with Gasteiger partial charge in [0.25, 0.3) is 0 Å². The molecule has 0 N–H and O–H groups in total. The highest BCUT2D eigenvalue weighted by atomic mass is 19.4. The quantitative estimate of drug-likeness (QED) is 0.699. The van der Waals surface area contributed by atoms with E-state index in [0.29, 0.717) is 17.8 Å². The average molecular weight is 394 g/mol. The van der Waals surface area contributed by atoms with Gasteiger partial charge in [0.1, 0.15) is 5.69 Å². The fourth-order valence-electron chi connectivity index (χ4n) is 3.24. The fraction of sp³-hybridized carbons (Fsp3) is 0.550. The summed E-state index contributed by atoms with van der Waals surface area (Å²) >= 11 is 0. The molecule has 28 heavy (non-hydrogen) atoms. The Labute approximate surface area is 164 Å². The zero-order chi connectivity index (χ0) is 20.7. The van der Waals surface area contributed by atoms with Gasteiger partial charge in [-0.25, -0.2) is 4.68 Å². The molecule has 1 fully saturated rings. The highest BCUT2D eigenvalue weighted by Crippen LogP contribution is 2.39. The number of halogens is 3. The fourth-order valence-corrected chi connectivity index (χ4v) is 3.24. The second kappa shape index (κ2) is 7.23. The van der Waals surface area contributed by atoms with Crippen molar-refractivity contribution in [2.75, 3.05) is 0 Å². The summed E-state index contributed by atoms with van der Waals surface area (Å²) in [4.78, 5) is 0. The monoisotopic (exact) mass is 394 g/mol. The van der Waals surface area contributed by atoms with Crippen molar-refractivity contribution in [1.82, 2.24) is 9.78 Å². The molecule has 8 heteroatoms. The Hall–Kier alpha value is -1.80. The van der Waals surface area contributed by atoms with E-state index >= 15 is 0 Å². The number of rotatable bonds is 5. The van der Waals surface area contributed by atoms with Crippen molar-refractivity contribution in [3.63, 3.8) is 0 Å². The van der Waals surface area contributed by atoms with E-state index in [-0.39, 0.29) is 5.46 Å². The van der Waals surface area contributed by atoms with Crippen LogP contribution in [0.1, 0.15) is 58.8 Å². The first-order chi connectivity index (χ1) is 13.0. The van der Waals surface area contributed by atoms with Crippen molar-refractivity contribution >= 4 is 12.6 Å². The van der Waals surface area contributed by atoms with E-state index in [2.05, 4.69) is 5.10 Å². The number of aromatic nitrogens is 2. The van der Waals surface area contributed by atoms with Gasteiger partial charge >= 0.3 is 13.3 Å². The summed E-state index contributed by atoms with van der Waals surface area (Å²) in [5.74, 6) is 0. The van der Waals surface area contributed by atoms with Crippen LogP contribution < -0.4 is 5.46 Å². The molecule has 0 aliphatic carbocycles. The molecule has 3 rings (SSSR count). The van der Waals surface area contributed by atoms with Crippen molar-refractivity contribution in [3.05, 3.63) is 41.7 Å². The van der Waals surface area contributed by atoms with Crippen LogP contribution in [0.5, 0.6) is 0 Å². The molecule has 0 radical (unpaired) electrons. The van der Waals surface area contributed by atoms with Crippen LogP contribution in [0.4, 0.5) is 13.2 Å². The van der Waals surface area contributed by atoms with Crippen molar-refractivity contribution in [3.8, 4) is 5.69 Å². The van der Waals surface area contributed by atoms with Crippen LogP contribution in [0.25, 0.3) is 5.69 Å². The van der Waals surface area contributed by atoms with E-state index < -0.39 is 30.2 Å². The predicted molar refractivity (Wildman–Crippen MR) is 103 cm³/mol. The maximum absolute atomic E-state index is 14.2. The molecular formula is C20H26BF3N2O2. The summed E-state index contributed by atoms with van der Waals surface area (Å²) in [6.07, 6.45) is -2.59. The predicted octanol–water partition coefficient (Wildman–Crippen LogP) is 4.53. The van der Waals surface area contributed by atoms with Crippen LogP contribution in [0.15, 0.2) is 30.3 Å². The van der Waals surface area contributed by atoms with Crippen LogP contribution in [-0.4, -0.2) is 28.1 Å². The Bertz CT molecular complexity index is 816. The third-order valence-electron chi connectivity index (χ3n) is 5.52. The molecule has 2 aromatic rings. The molecule has 0 atom stereocenters. The second-order valence-electron chi connectivity index (χ2n) is 8.15. The van der Waals surface area contributed by atoms with E-state index in [9.17, 15) is 13.2 Å². The van der Waals surface area contributed by atoms with Gasteiger partial charge in [-0.1, -0.05) is 31.5 Å². The van der Waals surface area contributed by atoms with Crippen LogP contribution >= 0.6 is 0 Å². The molecule has 1 saturated heterocycles. The van der Waals surface area contributed by atoms with Crippen LogP contribution in [0, 0.1) is 0 Å². The van der Waals surface area contributed by atoms with E-state index in [1.807, 2.05) is 34.6 Å². The van der Waals surface area contributed by atoms with Gasteiger partial charge in [0, 0.05) is 5.46 Å². The summed E-state index contributed by atoms with van der Waals surface area (Å²) in [5.41, 5.74) is -1.59. The summed E-state index contributed by atoms with van der Waals surface area (Å²) in [5, 5.41) is 4.36. The lowest BCUT2D eigenvalue weighted by atomic mass is 9.76. The molecule has 4 nitrogen and oxygen atoms in total. The average Bonchev–Trinajstić information content (AvgIpc) is 3.08. The van der Waals surface area contributed by atoms with Gasteiger partial charge in [0.2, 0.25) is 0 Å². The molecule has 1 aromatic heterocycles.